The lowest BCUT2D eigenvalue weighted by Crippen LogP contribution is -2.65. The van der Waals surface area contributed by atoms with E-state index in [1.54, 1.807) is 32.6 Å². The van der Waals surface area contributed by atoms with E-state index >= 15 is 0 Å². The molecule has 9 saturated heterocycles. The van der Waals surface area contributed by atoms with Crippen LogP contribution in [0, 0.1) is 0 Å². The lowest BCUT2D eigenvalue weighted by molar-refractivity contribution is -0.214. The summed E-state index contributed by atoms with van der Waals surface area (Å²) in [5, 5.41) is 43.8. The highest BCUT2D eigenvalue weighted by molar-refractivity contribution is 5.77. The summed E-state index contributed by atoms with van der Waals surface area (Å²) in [6.45, 7) is 25.1. The molecule has 0 radical (unpaired) electrons. The molecule has 0 saturated carbocycles. The first-order valence-electron chi connectivity index (χ1n) is 49.3. The number of unbranched alkanes of at least 4 members (excludes halogenated alkanes) is 4. The summed E-state index contributed by atoms with van der Waals surface area (Å²) >= 11 is 0. The molecule has 15 atom stereocenters. The SMILES string of the molecule is CC(=O)N[C@H]1[C@H]2OC[C@](COCCOCCOCCOCCn3cc(COCC(COCc4cn(CCOCCOCCOCCOC[C@@]56CO[C@@H](O5)[C@H](NC(C)=O)[C@H]5OC(C)(C)O[C@H]56)nn4)(COCc4cn(CCOCCOCCOCCOC[C@@]56CO[C@@H](O5)[C@H](NC(C)=O)[C@H]5OC(C)(C)O[C@H]56)nn4)NC(=O)CCCCCNC(=O)CCCCCNC(=O)OCc4ccccc4)nn3)(O2)[C@@H]2OC(C)(C)O[C@H]12. The van der Waals surface area contributed by atoms with Gasteiger partial charge in [-0.15, -0.1) is 15.3 Å². The van der Waals surface area contributed by atoms with Crippen molar-refractivity contribution in [3.63, 3.8) is 0 Å². The molecule has 12 heterocycles. The summed E-state index contributed by atoms with van der Waals surface area (Å²) in [6, 6.07) is 7.86. The van der Waals surface area contributed by atoms with Gasteiger partial charge in [-0.3, -0.25) is 24.0 Å². The third-order valence-corrected chi connectivity index (χ3v) is 24.3. The standard InChI is InChI=1S/C93H147N15O34/c1-65(109)96-74-77-80(137-87(4,5)134-77)91(62-131-83(74)140-91)59-124-46-43-121-40-37-118-34-31-115-28-25-106-49-69(100-103-106)53-127-56-90(99-73(113)22-16-12-17-23-94-72(112)21-15-11-18-24-95-86(114)130-52-68-19-13-10-14-20-68,57-128-54-70-50-107(104-101-70)26-29-116-32-35-119-38-41-122-44-47-125-60-92-63-132-84(141-92)75(97-66(2)110)78-81(92)138-88(6,7)135-78)58-129-55-71-51-108(105-102-71)27-30-117-33-36-120-39-42-123-45-48-126-61-93-64-133-85(142-93)76(98-67(3)111)79-82(93)139-89(8,9)136-79/h10,13-14,19-20,49-51,74-85H,11-12,15-18,21-48,52-64H2,1-9H3,(H,94,112)(H,95,114)(H,96,109)(H,97,110)(H,98,111)(H,99,113)/t74-,75-,76-,77-,78-,79-,80-,81-,82-,83+,84+,85+,91+,92+,93+/m1/s1. The lowest BCUT2D eigenvalue weighted by Gasteiger charge is -2.42. The average Bonchev–Trinajstić information content (AvgIpc) is 1.57. The van der Waals surface area contributed by atoms with E-state index in [-0.39, 0.29) is 142 Å². The van der Waals surface area contributed by atoms with Crippen molar-refractivity contribution in [1.29, 1.82) is 0 Å². The highest BCUT2D eigenvalue weighted by Crippen LogP contribution is 2.50. The fraction of sp³-hybridized carbons (Fsp3) is 0.806. The molecule has 1 aromatic carbocycles. The van der Waals surface area contributed by atoms with Gasteiger partial charge in [0, 0.05) is 46.7 Å². The molecule has 0 spiro atoms. The van der Waals surface area contributed by atoms with E-state index in [2.05, 4.69) is 62.8 Å². The molecule has 6 bridgehead atoms. The van der Waals surface area contributed by atoms with Crippen LogP contribution < -0.4 is 31.9 Å². The van der Waals surface area contributed by atoms with Gasteiger partial charge in [-0.25, -0.2) is 18.8 Å². The van der Waals surface area contributed by atoms with Crippen molar-refractivity contribution in [2.45, 2.75) is 273 Å². The number of ether oxygens (including phenoxy) is 28. The summed E-state index contributed by atoms with van der Waals surface area (Å²) in [4.78, 5) is 75.4. The predicted octanol–water partition coefficient (Wildman–Crippen LogP) is 1.08. The number of rotatable bonds is 72. The first kappa shape index (κ1) is 111. The Hall–Kier alpha value is -7.82. The van der Waals surface area contributed by atoms with E-state index in [0.29, 0.717) is 207 Å². The van der Waals surface area contributed by atoms with Crippen molar-refractivity contribution in [3.8, 4) is 0 Å². The van der Waals surface area contributed by atoms with E-state index in [1.165, 1.54) is 20.8 Å². The fourth-order valence-corrected chi connectivity index (χ4v) is 17.8. The Morgan fingerprint density at radius 2 is 0.683 bits per heavy atom. The Morgan fingerprint density at radius 1 is 0.366 bits per heavy atom. The molecule has 9 aliphatic rings. The molecular weight excluding hydrogens is 1870 g/mol. The van der Waals surface area contributed by atoms with E-state index in [0.717, 1.165) is 12.0 Å². The van der Waals surface area contributed by atoms with Crippen molar-refractivity contribution in [1.82, 2.24) is 76.9 Å². The Morgan fingerprint density at radius 3 is 1.02 bits per heavy atom. The van der Waals surface area contributed by atoms with E-state index < -0.39 is 119 Å². The number of fused-ring (bicyclic) bond motifs is 12. The van der Waals surface area contributed by atoms with Crippen LogP contribution in [-0.2, 0) is 203 Å². The summed E-state index contributed by atoms with van der Waals surface area (Å²) in [5.41, 5.74) is -1.60. The number of alkyl carbamates (subject to hydrolysis) is 1. The lowest BCUT2D eigenvalue weighted by atomic mass is 9.88. The van der Waals surface area contributed by atoms with Crippen molar-refractivity contribution >= 4 is 35.6 Å². The van der Waals surface area contributed by atoms with Gasteiger partial charge < -0.3 is 165 Å². The number of nitrogens with zero attached hydrogens (tertiary/aromatic N) is 9. The quantitative estimate of drug-likeness (QED) is 0.0337. The highest BCUT2D eigenvalue weighted by Gasteiger charge is 2.69. The third-order valence-electron chi connectivity index (χ3n) is 24.3. The molecular formula is C93H147N15O34. The zero-order chi connectivity index (χ0) is 100. The Kier molecular flexibility index (Phi) is 43.8. The fourth-order valence-electron chi connectivity index (χ4n) is 17.8. The second-order valence-electron chi connectivity index (χ2n) is 37.7. The minimum Gasteiger partial charge on any atom is -0.445 e. The maximum Gasteiger partial charge on any atom is 0.407 e. The molecule has 0 unspecified atom stereocenters. The van der Waals surface area contributed by atoms with Gasteiger partial charge in [0.2, 0.25) is 29.5 Å². The number of carbonyl (C=O) groups is 6. The number of benzene rings is 1. The van der Waals surface area contributed by atoms with Gasteiger partial charge in [0.1, 0.15) is 101 Å². The van der Waals surface area contributed by atoms with Crippen LogP contribution in [0.4, 0.5) is 4.79 Å². The molecule has 798 valence electrons. The molecule has 49 nitrogen and oxygen atoms in total. The number of aromatic nitrogens is 9. The topological polar surface area (TPSA) is 525 Å². The Bertz CT molecular complexity index is 4100. The van der Waals surface area contributed by atoms with Crippen molar-refractivity contribution in [3.05, 3.63) is 71.6 Å². The van der Waals surface area contributed by atoms with Crippen LogP contribution in [0.15, 0.2) is 48.9 Å². The number of nitrogens with one attached hydrogen (secondary N) is 6. The van der Waals surface area contributed by atoms with E-state index in [1.807, 2.05) is 71.9 Å². The summed E-state index contributed by atoms with van der Waals surface area (Å²) < 4.78 is 174. The van der Waals surface area contributed by atoms with Gasteiger partial charge in [0.05, 0.1) is 256 Å². The van der Waals surface area contributed by atoms with Crippen LogP contribution in [0.5, 0.6) is 0 Å². The minimum atomic E-state index is -1.32. The molecule has 6 amide bonds. The van der Waals surface area contributed by atoms with Gasteiger partial charge >= 0.3 is 6.09 Å². The summed E-state index contributed by atoms with van der Waals surface area (Å²) in [6.07, 6.45) is 4.05. The van der Waals surface area contributed by atoms with Crippen molar-refractivity contribution < 1.29 is 161 Å². The summed E-state index contributed by atoms with van der Waals surface area (Å²) in [7, 11) is 0. The molecule has 9 fully saturated rings. The molecule has 6 N–H and O–H groups in total. The van der Waals surface area contributed by atoms with Crippen LogP contribution >= 0.6 is 0 Å². The molecule has 13 rings (SSSR count). The van der Waals surface area contributed by atoms with Crippen LogP contribution in [0.25, 0.3) is 0 Å². The zero-order valence-corrected chi connectivity index (χ0v) is 83.2. The molecule has 49 heteroatoms. The van der Waals surface area contributed by atoms with Gasteiger partial charge in [-0.05, 0) is 72.8 Å². The number of amides is 6. The van der Waals surface area contributed by atoms with Gasteiger partial charge in [-0.2, -0.15) is 0 Å². The van der Waals surface area contributed by atoms with E-state index in [9.17, 15) is 28.8 Å². The largest absolute Gasteiger partial charge is 0.445 e. The van der Waals surface area contributed by atoms with Gasteiger partial charge in [-0.1, -0.05) is 58.8 Å². The van der Waals surface area contributed by atoms with Gasteiger partial charge in [0.25, 0.3) is 0 Å². The molecule has 142 heavy (non-hydrogen) atoms. The molecule has 4 aromatic rings. The van der Waals surface area contributed by atoms with Crippen LogP contribution in [-0.4, -0.2) is 405 Å². The first-order chi connectivity index (χ1) is 68.7. The molecule has 9 aliphatic heterocycles. The Labute approximate surface area is 826 Å². The van der Waals surface area contributed by atoms with Crippen molar-refractivity contribution in [2.24, 2.45) is 0 Å². The van der Waals surface area contributed by atoms with E-state index in [4.69, 9.17) is 133 Å². The molecule has 3 aromatic heterocycles. The second-order valence-corrected chi connectivity index (χ2v) is 37.7. The van der Waals surface area contributed by atoms with Gasteiger partial charge in [0.15, 0.2) is 36.2 Å². The predicted molar refractivity (Wildman–Crippen MR) is 489 cm³/mol. The third kappa shape index (κ3) is 34.7. The maximum atomic E-state index is 14.4. The number of hydrogen-bond acceptors (Lipinski definition) is 40. The zero-order valence-electron chi connectivity index (χ0n) is 83.2. The van der Waals surface area contributed by atoms with Crippen molar-refractivity contribution in [2.75, 3.05) is 211 Å². The smallest absolute Gasteiger partial charge is 0.407 e. The van der Waals surface area contributed by atoms with Crippen LogP contribution in [0.1, 0.15) is 136 Å². The second kappa shape index (κ2) is 55.8. The minimum absolute atomic E-state index is 0.00647. The maximum absolute atomic E-state index is 14.4. The highest BCUT2D eigenvalue weighted by atomic mass is 16.8. The number of carbonyl (C=O) groups excluding carboxylic acids is 6. The molecule has 0 aliphatic carbocycles. The normalized spacial score (nSPS) is 26.2. The Balaban J connectivity index is 0.541. The van der Waals surface area contributed by atoms with Crippen LogP contribution in [0.2, 0.25) is 0 Å². The average molecular weight is 2020 g/mol. The summed E-state index contributed by atoms with van der Waals surface area (Å²) in [5.74, 6) is -3.68. The number of hydrogen-bond donors (Lipinski definition) is 6. The monoisotopic (exact) mass is 2020 g/mol. The first-order valence-corrected chi connectivity index (χ1v) is 49.3. The van der Waals surface area contributed by atoms with Crippen LogP contribution in [0.3, 0.4) is 0 Å².